The van der Waals surface area contributed by atoms with Gasteiger partial charge in [-0.2, -0.15) is 5.10 Å². The van der Waals surface area contributed by atoms with Crippen molar-refractivity contribution in [1.29, 1.82) is 0 Å². The number of carbonyl (C=O) groups is 1. The number of aromatic nitrogens is 3. The van der Waals surface area contributed by atoms with Gasteiger partial charge in [0.2, 0.25) is 5.91 Å². The maximum atomic E-state index is 12.6. The second-order valence-corrected chi connectivity index (χ2v) is 6.52. The summed E-state index contributed by atoms with van der Waals surface area (Å²) in [4.78, 5) is 19.1. The third kappa shape index (κ3) is 4.38. The number of nitrogens with zero attached hydrogens (tertiary/aromatic N) is 3. The zero-order chi connectivity index (χ0) is 17.6. The zero-order valence-electron chi connectivity index (χ0n) is 15.0. The molecule has 1 aliphatic rings. The average Bonchev–Trinajstić information content (AvgIpc) is 3.16. The normalized spacial score (nSPS) is 17.5. The molecule has 0 bridgehead atoms. The molecule has 134 valence electrons. The third-order valence-electron chi connectivity index (χ3n) is 4.81. The van der Waals surface area contributed by atoms with Crippen molar-refractivity contribution in [2.45, 2.75) is 44.9 Å². The van der Waals surface area contributed by atoms with Crippen molar-refractivity contribution in [1.82, 2.24) is 20.1 Å². The molecular formula is C19H26N4O2. The van der Waals surface area contributed by atoms with Gasteiger partial charge in [-0.05, 0) is 37.0 Å². The van der Waals surface area contributed by atoms with Crippen molar-refractivity contribution in [3.63, 3.8) is 0 Å². The molecule has 1 saturated heterocycles. The van der Waals surface area contributed by atoms with E-state index in [1.807, 2.05) is 29.2 Å². The highest BCUT2D eigenvalue weighted by molar-refractivity contribution is 5.76. The highest BCUT2D eigenvalue weighted by Crippen LogP contribution is 2.25. The van der Waals surface area contributed by atoms with Crippen molar-refractivity contribution in [3.05, 3.63) is 41.5 Å². The highest BCUT2D eigenvalue weighted by Gasteiger charge is 2.27. The quantitative estimate of drug-likeness (QED) is 0.876. The number of benzene rings is 1. The van der Waals surface area contributed by atoms with Gasteiger partial charge in [0.15, 0.2) is 5.82 Å². The van der Waals surface area contributed by atoms with Crippen LogP contribution in [0.1, 0.15) is 49.3 Å². The Balaban J connectivity index is 1.54. The number of piperidine rings is 1. The first-order valence-corrected chi connectivity index (χ1v) is 9.01. The second-order valence-electron chi connectivity index (χ2n) is 6.52. The molecule has 25 heavy (non-hydrogen) atoms. The molecule has 1 N–H and O–H groups in total. The highest BCUT2D eigenvalue weighted by atomic mass is 16.5. The fraction of sp³-hybridized carbons (Fsp3) is 0.526. The summed E-state index contributed by atoms with van der Waals surface area (Å²) in [6.07, 6.45) is 4.19. The molecule has 2 aromatic rings. The van der Waals surface area contributed by atoms with E-state index in [1.54, 1.807) is 7.11 Å². The van der Waals surface area contributed by atoms with Gasteiger partial charge in [-0.15, -0.1) is 0 Å². The molecule has 6 nitrogen and oxygen atoms in total. The van der Waals surface area contributed by atoms with Crippen LogP contribution in [-0.2, 0) is 17.6 Å². The summed E-state index contributed by atoms with van der Waals surface area (Å²) in [5.74, 6) is 3.07. The molecular weight excluding hydrogens is 316 g/mol. The number of aromatic amines is 1. The molecule has 0 unspecified atom stereocenters. The molecule has 1 atom stereocenters. The standard InChI is InChI=1S/C19H26N4O2/c1-3-17-20-19(22-21-17)15-5-4-12-23(13-15)18(24)11-8-14-6-9-16(25-2)10-7-14/h6-7,9-10,15H,3-5,8,11-13H2,1-2H3,(H,20,21,22)/t15-/m0/s1. The first-order valence-electron chi connectivity index (χ1n) is 9.01. The molecule has 3 rings (SSSR count). The van der Waals surface area contributed by atoms with Crippen molar-refractivity contribution >= 4 is 5.91 Å². The Morgan fingerprint density at radius 1 is 1.36 bits per heavy atom. The van der Waals surface area contributed by atoms with Gasteiger partial charge in [0, 0.05) is 31.8 Å². The largest absolute Gasteiger partial charge is 0.497 e. The van der Waals surface area contributed by atoms with E-state index < -0.39 is 0 Å². The van der Waals surface area contributed by atoms with Gasteiger partial charge in [0.1, 0.15) is 11.6 Å². The van der Waals surface area contributed by atoms with Crippen molar-refractivity contribution in [2.24, 2.45) is 0 Å². The van der Waals surface area contributed by atoms with Gasteiger partial charge in [0.25, 0.3) is 0 Å². The number of carbonyl (C=O) groups excluding carboxylic acids is 1. The average molecular weight is 342 g/mol. The first kappa shape index (κ1) is 17.5. The molecule has 1 aliphatic heterocycles. The number of ether oxygens (including phenoxy) is 1. The summed E-state index contributed by atoms with van der Waals surface area (Å²) >= 11 is 0. The van der Waals surface area contributed by atoms with Gasteiger partial charge in [0.05, 0.1) is 7.11 Å². The monoisotopic (exact) mass is 342 g/mol. The minimum atomic E-state index is 0.215. The number of aryl methyl sites for hydroxylation is 2. The summed E-state index contributed by atoms with van der Waals surface area (Å²) in [5.41, 5.74) is 1.16. The lowest BCUT2D eigenvalue weighted by atomic mass is 9.97. The van der Waals surface area contributed by atoms with Crippen LogP contribution in [0.15, 0.2) is 24.3 Å². The van der Waals surface area contributed by atoms with Gasteiger partial charge in [-0.3, -0.25) is 9.89 Å². The molecule has 1 aromatic carbocycles. The predicted molar refractivity (Wildman–Crippen MR) is 95.6 cm³/mol. The Hall–Kier alpha value is -2.37. The Labute approximate surface area is 148 Å². The van der Waals surface area contributed by atoms with E-state index in [0.717, 1.165) is 61.7 Å². The number of rotatable bonds is 6. The van der Waals surface area contributed by atoms with E-state index in [0.29, 0.717) is 6.42 Å². The number of H-pyrrole nitrogens is 1. The third-order valence-corrected chi connectivity index (χ3v) is 4.81. The second kappa shape index (κ2) is 8.14. The first-order chi connectivity index (χ1) is 12.2. The molecule has 6 heteroatoms. The summed E-state index contributed by atoms with van der Waals surface area (Å²) < 4.78 is 5.16. The number of methoxy groups -OCH3 is 1. The van der Waals surface area contributed by atoms with E-state index in [4.69, 9.17) is 4.74 Å². The lowest BCUT2D eigenvalue weighted by Gasteiger charge is -2.31. The molecule has 1 aromatic heterocycles. The number of amides is 1. The van der Waals surface area contributed by atoms with E-state index in [1.165, 1.54) is 0 Å². The Bertz CT molecular complexity index is 696. The van der Waals surface area contributed by atoms with E-state index >= 15 is 0 Å². The van der Waals surface area contributed by atoms with Crippen LogP contribution in [0.25, 0.3) is 0 Å². The van der Waals surface area contributed by atoms with Gasteiger partial charge >= 0.3 is 0 Å². The number of likely N-dealkylation sites (tertiary alicyclic amines) is 1. The van der Waals surface area contributed by atoms with Crippen LogP contribution in [0.4, 0.5) is 0 Å². The van der Waals surface area contributed by atoms with E-state index in [-0.39, 0.29) is 11.8 Å². The Morgan fingerprint density at radius 2 is 2.16 bits per heavy atom. The summed E-state index contributed by atoms with van der Waals surface area (Å²) in [5, 5.41) is 7.31. The predicted octanol–water partition coefficient (Wildman–Crippen LogP) is 2.71. The zero-order valence-corrected chi connectivity index (χ0v) is 15.0. The van der Waals surface area contributed by atoms with Crippen molar-refractivity contribution < 1.29 is 9.53 Å². The SMILES string of the molecule is CCc1nc([C@H]2CCCN(C(=O)CCc3ccc(OC)cc3)C2)n[nH]1. The van der Waals surface area contributed by atoms with Crippen LogP contribution in [0.5, 0.6) is 5.75 Å². The fourth-order valence-electron chi connectivity index (χ4n) is 3.27. The van der Waals surface area contributed by atoms with Crippen LogP contribution in [-0.4, -0.2) is 46.2 Å². The summed E-state index contributed by atoms with van der Waals surface area (Å²) in [7, 11) is 1.66. The van der Waals surface area contributed by atoms with E-state index in [2.05, 4.69) is 22.1 Å². The van der Waals surface area contributed by atoms with Crippen LogP contribution in [0.3, 0.4) is 0 Å². The van der Waals surface area contributed by atoms with Crippen molar-refractivity contribution in [2.75, 3.05) is 20.2 Å². The maximum absolute atomic E-state index is 12.6. The number of hydrogen-bond acceptors (Lipinski definition) is 4. The molecule has 0 saturated carbocycles. The maximum Gasteiger partial charge on any atom is 0.222 e. The smallest absolute Gasteiger partial charge is 0.222 e. The lowest BCUT2D eigenvalue weighted by Crippen LogP contribution is -2.39. The number of hydrogen-bond donors (Lipinski definition) is 1. The van der Waals surface area contributed by atoms with Gasteiger partial charge < -0.3 is 9.64 Å². The van der Waals surface area contributed by atoms with E-state index in [9.17, 15) is 4.79 Å². The Morgan fingerprint density at radius 3 is 2.84 bits per heavy atom. The van der Waals surface area contributed by atoms with Gasteiger partial charge in [-0.1, -0.05) is 19.1 Å². The minimum Gasteiger partial charge on any atom is -0.497 e. The molecule has 0 radical (unpaired) electrons. The molecule has 2 heterocycles. The van der Waals surface area contributed by atoms with Crippen LogP contribution in [0, 0.1) is 0 Å². The summed E-state index contributed by atoms with van der Waals surface area (Å²) in [6.45, 7) is 3.62. The van der Waals surface area contributed by atoms with Crippen LogP contribution in [0.2, 0.25) is 0 Å². The topological polar surface area (TPSA) is 71.1 Å². The lowest BCUT2D eigenvalue weighted by molar-refractivity contribution is -0.132. The summed E-state index contributed by atoms with van der Waals surface area (Å²) in [6, 6.07) is 7.91. The Kier molecular flexibility index (Phi) is 5.68. The van der Waals surface area contributed by atoms with Crippen LogP contribution < -0.4 is 4.74 Å². The number of nitrogens with one attached hydrogen (secondary N) is 1. The molecule has 0 aliphatic carbocycles. The van der Waals surface area contributed by atoms with Crippen molar-refractivity contribution in [3.8, 4) is 5.75 Å². The molecule has 0 spiro atoms. The molecule has 1 amide bonds. The minimum absolute atomic E-state index is 0.215. The molecule has 1 fully saturated rings. The van der Waals surface area contributed by atoms with Gasteiger partial charge in [-0.25, -0.2) is 4.98 Å². The van der Waals surface area contributed by atoms with Crippen LogP contribution >= 0.6 is 0 Å². The fourth-order valence-corrected chi connectivity index (χ4v) is 3.27.